The van der Waals surface area contributed by atoms with E-state index >= 15 is 0 Å². The van der Waals surface area contributed by atoms with Crippen LogP contribution in [0.25, 0.3) is 0 Å². The number of hydrogen-bond donors (Lipinski definition) is 1. The Hall–Kier alpha value is -0.800. The Kier molecular flexibility index (Phi) is 4.69. The number of rotatable bonds is 3. The molecule has 100 valence electrons. The number of halogens is 4. The minimum Gasteiger partial charge on any atom is -0.388 e. The monoisotopic (exact) mass is 318 g/mol. The highest BCUT2D eigenvalue weighted by Crippen LogP contribution is 2.32. The molecule has 0 aliphatic carbocycles. The number of aliphatic hydroxyl groups is 1. The second kappa shape index (κ2) is 6.10. The molecule has 0 fully saturated rings. The van der Waals surface area contributed by atoms with Crippen molar-refractivity contribution in [2.75, 3.05) is 0 Å². The Bertz CT molecular complexity index is 601. The fourth-order valence-corrected chi connectivity index (χ4v) is 2.42. The lowest BCUT2D eigenvalue weighted by Crippen LogP contribution is -2.03. The topological polar surface area (TPSA) is 20.2 Å². The van der Waals surface area contributed by atoms with Crippen LogP contribution >= 0.6 is 34.8 Å². The van der Waals surface area contributed by atoms with Gasteiger partial charge in [-0.05, 0) is 29.8 Å². The third-order valence-electron chi connectivity index (χ3n) is 2.76. The van der Waals surface area contributed by atoms with Gasteiger partial charge < -0.3 is 5.11 Å². The molecule has 0 spiro atoms. The summed E-state index contributed by atoms with van der Waals surface area (Å²) >= 11 is 17.9. The summed E-state index contributed by atoms with van der Waals surface area (Å²) in [5.74, 6) is -0.399. The molecule has 5 heteroatoms. The Morgan fingerprint density at radius 2 is 1.79 bits per heavy atom. The van der Waals surface area contributed by atoms with Crippen molar-refractivity contribution in [3.8, 4) is 0 Å². The fraction of sp³-hybridized carbons (Fsp3) is 0.143. The standard InChI is InChI=1S/C14H10Cl3FO/c15-11-5-4-9(18)6-8(11)7-13(19)10-2-1-3-12(16)14(10)17/h1-6,13,19H,7H2. The molecule has 0 heterocycles. The molecule has 0 aliphatic rings. The molecule has 1 unspecified atom stereocenters. The first-order valence-corrected chi connectivity index (χ1v) is 6.68. The third-order valence-corrected chi connectivity index (χ3v) is 3.96. The molecule has 0 saturated heterocycles. The van der Waals surface area contributed by atoms with Gasteiger partial charge in [0.1, 0.15) is 5.82 Å². The smallest absolute Gasteiger partial charge is 0.123 e. The summed E-state index contributed by atoms with van der Waals surface area (Å²) in [6.45, 7) is 0. The van der Waals surface area contributed by atoms with Crippen LogP contribution in [-0.2, 0) is 6.42 Å². The van der Waals surface area contributed by atoms with E-state index in [0.717, 1.165) is 0 Å². The van der Waals surface area contributed by atoms with Gasteiger partial charge in [0.2, 0.25) is 0 Å². The van der Waals surface area contributed by atoms with Gasteiger partial charge in [-0.25, -0.2) is 4.39 Å². The molecule has 0 aliphatic heterocycles. The number of benzene rings is 2. The Labute approximate surface area is 125 Å². The summed E-state index contributed by atoms with van der Waals surface area (Å²) in [6, 6.07) is 9.02. The molecule has 0 amide bonds. The SMILES string of the molecule is OC(Cc1cc(F)ccc1Cl)c1cccc(Cl)c1Cl. The highest BCUT2D eigenvalue weighted by Gasteiger charge is 2.16. The largest absolute Gasteiger partial charge is 0.388 e. The van der Waals surface area contributed by atoms with Crippen LogP contribution in [0.5, 0.6) is 0 Å². The molecule has 0 radical (unpaired) electrons. The summed E-state index contributed by atoms with van der Waals surface area (Å²) < 4.78 is 13.2. The number of aliphatic hydroxyl groups excluding tert-OH is 1. The maximum absolute atomic E-state index is 13.2. The van der Waals surface area contributed by atoms with Crippen molar-refractivity contribution >= 4 is 34.8 Å². The van der Waals surface area contributed by atoms with Gasteiger partial charge in [0.15, 0.2) is 0 Å². The number of hydrogen-bond acceptors (Lipinski definition) is 1. The van der Waals surface area contributed by atoms with E-state index in [-0.39, 0.29) is 6.42 Å². The van der Waals surface area contributed by atoms with Crippen LogP contribution in [-0.4, -0.2) is 5.11 Å². The molecule has 1 nitrogen and oxygen atoms in total. The fourth-order valence-electron chi connectivity index (χ4n) is 1.80. The quantitative estimate of drug-likeness (QED) is 0.838. The van der Waals surface area contributed by atoms with Crippen molar-refractivity contribution in [3.63, 3.8) is 0 Å². The minimum atomic E-state index is -0.898. The molecule has 2 aromatic carbocycles. The van der Waals surface area contributed by atoms with Gasteiger partial charge in [0, 0.05) is 17.0 Å². The lowest BCUT2D eigenvalue weighted by molar-refractivity contribution is 0.178. The van der Waals surface area contributed by atoms with Crippen molar-refractivity contribution in [2.45, 2.75) is 12.5 Å². The van der Waals surface area contributed by atoms with Gasteiger partial charge >= 0.3 is 0 Å². The maximum atomic E-state index is 13.2. The van der Waals surface area contributed by atoms with Crippen molar-refractivity contribution in [1.29, 1.82) is 0 Å². The minimum absolute atomic E-state index is 0.163. The summed E-state index contributed by atoms with van der Waals surface area (Å²) in [4.78, 5) is 0. The van der Waals surface area contributed by atoms with Crippen LogP contribution in [0, 0.1) is 5.82 Å². The third kappa shape index (κ3) is 3.40. The van der Waals surface area contributed by atoms with Gasteiger partial charge in [-0.1, -0.05) is 46.9 Å². The molecule has 0 aromatic heterocycles. The first-order chi connectivity index (χ1) is 8.99. The molecule has 0 bridgehead atoms. The van der Waals surface area contributed by atoms with Crippen LogP contribution < -0.4 is 0 Å². The van der Waals surface area contributed by atoms with Gasteiger partial charge in [-0.3, -0.25) is 0 Å². The highest BCUT2D eigenvalue weighted by atomic mass is 35.5. The van der Waals surface area contributed by atoms with Gasteiger partial charge in [0.25, 0.3) is 0 Å². The summed E-state index contributed by atoms with van der Waals surface area (Å²) in [7, 11) is 0. The lowest BCUT2D eigenvalue weighted by Gasteiger charge is -2.14. The van der Waals surface area contributed by atoms with E-state index in [2.05, 4.69) is 0 Å². The van der Waals surface area contributed by atoms with E-state index in [4.69, 9.17) is 34.8 Å². The first-order valence-electron chi connectivity index (χ1n) is 5.55. The van der Waals surface area contributed by atoms with E-state index in [1.165, 1.54) is 18.2 Å². The van der Waals surface area contributed by atoms with Crippen molar-refractivity contribution < 1.29 is 9.50 Å². The summed E-state index contributed by atoms with van der Waals surface area (Å²) in [5, 5.41) is 11.2. The van der Waals surface area contributed by atoms with Gasteiger partial charge in [-0.2, -0.15) is 0 Å². The lowest BCUT2D eigenvalue weighted by atomic mass is 10.0. The van der Waals surface area contributed by atoms with E-state index in [1.807, 2.05) is 0 Å². The predicted molar refractivity (Wildman–Crippen MR) is 76.5 cm³/mol. The van der Waals surface area contributed by atoms with Crippen LogP contribution in [0.3, 0.4) is 0 Å². The summed E-state index contributed by atoms with van der Waals surface area (Å²) in [5.41, 5.74) is 1.01. The van der Waals surface area contributed by atoms with Crippen LogP contribution in [0.15, 0.2) is 36.4 Å². The van der Waals surface area contributed by atoms with Crippen LogP contribution in [0.4, 0.5) is 4.39 Å². The zero-order valence-electron chi connectivity index (χ0n) is 9.71. The van der Waals surface area contributed by atoms with Gasteiger partial charge in [-0.15, -0.1) is 0 Å². The molecular formula is C14H10Cl3FO. The Morgan fingerprint density at radius 1 is 1.05 bits per heavy atom. The average Bonchev–Trinajstić information content (AvgIpc) is 2.37. The van der Waals surface area contributed by atoms with Crippen LogP contribution in [0.1, 0.15) is 17.2 Å². The molecule has 1 atom stereocenters. The van der Waals surface area contributed by atoms with E-state index in [0.29, 0.717) is 26.2 Å². The second-order valence-electron chi connectivity index (χ2n) is 4.10. The molecule has 2 rings (SSSR count). The second-order valence-corrected chi connectivity index (χ2v) is 5.29. The molecule has 0 saturated carbocycles. The average molecular weight is 320 g/mol. The van der Waals surface area contributed by atoms with Crippen LogP contribution in [0.2, 0.25) is 15.1 Å². The molecular weight excluding hydrogens is 310 g/mol. The summed E-state index contributed by atoms with van der Waals surface area (Å²) in [6.07, 6.45) is -0.734. The Morgan fingerprint density at radius 3 is 2.53 bits per heavy atom. The van der Waals surface area contributed by atoms with E-state index in [9.17, 15) is 9.50 Å². The van der Waals surface area contributed by atoms with Crippen molar-refractivity contribution in [2.24, 2.45) is 0 Å². The Balaban J connectivity index is 2.28. The van der Waals surface area contributed by atoms with E-state index in [1.54, 1.807) is 18.2 Å². The molecule has 19 heavy (non-hydrogen) atoms. The zero-order chi connectivity index (χ0) is 14.0. The van der Waals surface area contributed by atoms with Crippen molar-refractivity contribution in [1.82, 2.24) is 0 Å². The molecule has 1 N–H and O–H groups in total. The van der Waals surface area contributed by atoms with Crippen molar-refractivity contribution in [3.05, 3.63) is 68.4 Å². The van der Waals surface area contributed by atoms with E-state index < -0.39 is 11.9 Å². The van der Waals surface area contributed by atoms with Gasteiger partial charge in [0.05, 0.1) is 16.1 Å². The maximum Gasteiger partial charge on any atom is 0.123 e. The molecule has 2 aromatic rings. The zero-order valence-corrected chi connectivity index (χ0v) is 12.0. The normalized spacial score (nSPS) is 12.5. The predicted octanol–water partition coefficient (Wildman–Crippen LogP) is 5.06. The highest BCUT2D eigenvalue weighted by molar-refractivity contribution is 6.42. The first kappa shape index (κ1) is 14.6.